The van der Waals surface area contributed by atoms with Gasteiger partial charge in [0.2, 0.25) is 0 Å². The van der Waals surface area contributed by atoms with Gasteiger partial charge in [0.05, 0.1) is 26.4 Å². The molecule has 14 N–H and O–H groups in total. The quantitative estimate of drug-likeness (QED) is 0.0979. The van der Waals surface area contributed by atoms with Gasteiger partial charge in [0.1, 0.15) is 97.7 Å². The first-order valence-electron chi connectivity index (χ1n) is 16.3. The van der Waals surface area contributed by atoms with Crippen LogP contribution in [0, 0.1) is 0 Å². The van der Waals surface area contributed by atoms with E-state index in [-0.39, 0.29) is 11.1 Å². The van der Waals surface area contributed by atoms with Gasteiger partial charge in [-0.25, -0.2) is 0 Å². The lowest BCUT2D eigenvalue weighted by Crippen LogP contribution is -2.66. The molecule has 4 saturated heterocycles. The third-order valence-electron chi connectivity index (χ3n) is 9.85. The summed E-state index contributed by atoms with van der Waals surface area (Å²) < 4.78 is 33.8. The van der Waals surface area contributed by atoms with E-state index in [0.29, 0.717) is 0 Å². The molecule has 1 aromatic carbocycles. The van der Waals surface area contributed by atoms with Crippen molar-refractivity contribution in [1.29, 1.82) is 0 Å². The van der Waals surface area contributed by atoms with Crippen LogP contribution in [0.2, 0.25) is 0 Å². The second-order valence-corrected chi connectivity index (χ2v) is 14.4. The van der Waals surface area contributed by atoms with Crippen LogP contribution in [0.15, 0.2) is 24.3 Å². The molecular formula is C30H46O20S2. The number of rotatable bonds is 10. The second-order valence-electron chi connectivity index (χ2n) is 13.1. The molecule has 0 radical (unpaired) electrons. The topological polar surface area (TPSA) is 339 Å². The van der Waals surface area contributed by atoms with E-state index >= 15 is 0 Å². The molecule has 4 fully saturated rings. The van der Waals surface area contributed by atoms with Gasteiger partial charge < -0.3 is 99.9 Å². The number of hydrogen-bond acceptors (Lipinski definition) is 22. The van der Waals surface area contributed by atoms with Crippen LogP contribution in [-0.2, 0) is 38.3 Å². The van der Waals surface area contributed by atoms with E-state index in [4.69, 9.17) is 28.4 Å². The summed E-state index contributed by atoms with van der Waals surface area (Å²) in [5.74, 6) is 0. The van der Waals surface area contributed by atoms with Gasteiger partial charge >= 0.3 is 0 Å². The zero-order valence-electron chi connectivity index (χ0n) is 27.1. The SMILES string of the molecule is OC[C@H]1O[C@@H](O[C@H]2[C@H](O)[C@@H](O)[C@](S)(c3cccc([C@]4(S)O[C@H](CO)[C@@H](O[C@@H]5O[C@H](CO)[C@@H](O)[C@H](O)[C@H]5O)[C@H](O)[C@H]4O)c3)O[C@@H]2CO)[C@H](O)[C@@H](O)[C@@H]1O. The fourth-order valence-electron chi connectivity index (χ4n) is 6.73. The summed E-state index contributed by atoms with van der Waals surface area (Å²) in [5, 5.41) is 146. The number of aliphatic hydroxyl groups excluding tert-OH is 14. The average molecular weight is 791 g/mol. The zero-order chi connectivity index (χ0) is 38.4. The predicted octanol–water partition coefficient (Wildman–Crippen LogP) is -7.55. The number of thiol groups is 2. The molecule has 298 valence electrons. The molecule has 4 aliphatic heterocycles. The van der Waals surface area contributed by atoms with Gasteiger partial charge in [-0.05, 0) is 17.2 Å². The van der Waals surface area contributed by atoms with Crippen molar-refractivity contribution >= 4 is 25.3 Å². The van der Waals surface area contributed by atoms with Crippen molar-refractivity contribution in [2.45, 2.75) is 120 Å². The highest BCUT2D eigenvalue weighted by Gasteiger charge is 2.58. The highest BCUT2D eigenvalue weighted by molar-refractivity contribution is 7.81. The molecular weight excluding hydrogens is 744 g/mol. The Kier molecular flexibility index (Phi) is 13.6. The molecule has 0 aromatic heterocycles. The van der Waals surface area contributed by atoms with Crippen LogP contribution in [0.1, 0.15) is 11.1 Å². The van der Waals surface area contributed by atoms with E-state index in [9.17, 15) is 71.5 Å². The Hall–Kier alpha value is -0.880. The van der Waals surface area contributed by atoms with Crippen LogP contribution in [0.5, 0.6) is 0 Å². The Bertz CT molecular complexity index is 1240. The highest BCUT2D eigenvalue weighted by atomic mass is 32.1. The summed E-state index contributed by atoms with van der Waals surface area (Å²) in [6.07, 6.45) is -31.1. The normalized spacial score (nSPS) is 50.2. The van der Waals surface area contributed by atoms with Crippen molar-refractivity contribution < 1.29 is 99.9 Å². The van der Waals surface area contributed by atoms with Crippen LogP contribution in [0.25, 0.3) is 0 Å². The lowest BCUT2D eigenvalue weighted by Gasteiger charge is -2.50. The maximum Gasteiger partial charge on any atom is 0.187 e. The van der Waals surface area contributed by atoms with Gasteiger partial charge in [0, 0.05) is 0 Å². The van der Waals surface area contributed by atoms with Gasteiger partial charge in [-0.1, -0.05) is 18.2 Å². The Balaban J connectivity index is 1.37. The monoisotopic (exact) mass is 790 g/mol. The second kappa shape index (κ2) is 16.7. The Morgan fingerprint density at radius 1 is 0.500 bits per heavy atom. The van der Waals surface area contributed by atoms with Crippen molar-refractivity contribution in [3.05, 3.63) is 35.4 Å². The third-order valence-corrected chi connectivity index (χ3v) is 11.1. The minimum atomic E-state index is -2.15. The van der Waals surface area contributed by atoms with Crippen molar-refractivity contribution in [3.8, 4) is 0 Å². The van der Waals surface area contributed by atoms with Crippen LogP contribution in [0.4, 0.5) is 0 Å². The molecule has 20 atom stereocenters. The molecule has 22 heteroatoms. The molecule has 0 bridgehead atoms. The number of aliphatic hydroxyl groups is 14. The summed E-state index contributed by atoms with van der Waals surface area (Å²) in [6.45, 7) is -3.26. The molecule has 4 heterocycles. The molecule has 20 nitrogen and oxygen atoms in total. The van der Waals surface area contributed by atoms with E-state index in [1.165, 1.54) is 24.3 Å². The van der Waals surface area contributed by atoms with Crippen molar-refractivity contribution in [2.75, 3.05) is 26.4 Å². The molecule has 1 aromatic rings. The van der Waals surface area contributed by atoms with Crippen LogP contribution in [-0.4, -0.2) is 208 Å². The minimum Gasteiger partial charge on any atom is -0.394 e. The van der Waals surface area contributed by atoms with Crippen LogP contribution in [0.3, 0.4) is 0 Å². The highest BCUT2D eigenvalue weighted by Crippen LogP contribution is 2.47. The standard InChI is InChI=1S/C30H46O20S2/c31-5-11-15(35)17(37)19(39)27(45-11)47-23-13(7-33)49-29(51,25(43)21(23)41)9-2-1-3-10(4-9)30(52)26(44)22(42)24(14(8-34)50-30)48-28-20(40)18(38)16(36)12(6-32)46-28/h1-4,11-28,31-44,51-52H,5-8H2/t11-,12-,13-,14-,15-,16-,17+,18+,19-,20-,21+,22+,23-,24-,25-,26-,27+,28+,29-,30-/m1/s1. The van der Waals surface area contributed by atoms with Gasteiger partial charge in [-0.15, -0.1) is 25.3 Å². The fraction of sp³-hybridized carbons (Fsp3) is 0.800. The van der Waals surface area contributed by atoms with Crippen LogP contribution >= 0.6 is 25.3 Å². The molecule has 0 amide bonds. The summed E-state index contributed by atoms with van der Waals surface area (Å²) in [6, 6.07) is 5.43. The van der Waals surface area contributed by atoms with Crippen molar-refractivity contribution in [2.24, 2.45) is 0 Å². The van der Waals surface area contributed by atoms with Gasteiger partial charge in [-0.2, -0.15) is 0 Å². The Morgan fingerprint density at radius 3 is 1.17 bits per heavy atom. The largest absolute Gasteiger partial charge is 0.394 e. The van der Waals surface area contributed by atoms with E-state index < -0.39 is 147 Å². The first-order chi connectivity index (χ1) is 24.5. The number of benzene rings is 1. The smallest absolute Gasteiger partial charge is 0.187 e. The average Bonchev–Trinajstić information content (AvgIpc) is 3.14. The predicted molar refractivity (Wildman–Crippen MR) is 173 cm³/mol. The molecule has 0 spiro atoms. The summed E-state index contributed by atoms with van der Waals surface area (Å²) in [5.41, 5.74) is -0.0212. The Labute approximate surface area is 306 Å². The number of hydrogen-bond donors (Lipinski definition) is 16. The van der Waals surface area contributed by atoms with Gasteiger partial charge in [0.15, 0.2) is 22.4 Å². The molecule has 0 saturated carbocycles. The molecule has 4 aliphatic rings. The van der Waals surface area contributed by atoms with E-state index in [1.807, 2.05) is 0 Å². The fourth-order valence-corrected chi connectivity index (χ4v) is 7.58. The maximum absolute atomic E-state index is 11.3. The molecule has 0 unspecified atom stereocenters. The first-order valence-corrected chi connectivity index (χ1v) is 17.2. The van der Waals surface area contributed by atoms with Crippen molar-refractivity contribution in [1.82, 2.24) is 0 Å². The van der Waals surface area contributed by atoms with Gasteiger partial charge in [-0.3, -0.25) is 0 Å². The Morgan fingerprint density at radius 2 is 0.846 bits per heavy atom. The van der Waals surface area contributed by atoms with Gasteiger partial charge in [0.25, 0.3) is 0 Å². The minimum absolute atomic E-state index is 0.0106. The molecule has 5 rings (SSSR count). The van der Waals surface area contributed by atoms with Crippen molar-refractivity contribution in [3.63, 3.8) is 0 Å². The lowest BCUT2D eigenvalue weighted by atomic mass is 9.86. The van der Waals surface area contributed by atoms with E-state index in [2.05, 4.69) is 25.3 Å². The summed E-state index contributed by atoms with van der Waals surface area (Å²) in [7, 11) is 0. The zero-order valence-corrected chi connectivity index (χ0v) is 28.9. The third kappa shape index (κ3) is 7.50. The first kappa shape index (κ1) is 42.3. The maximum atomic E-state index is 11.3. The molecule has 52 heavy (non-hydrogen) atoms. The summed E-state index contributed by atoms with van der Waals surface area (Å²) >= 11 is 9.02. The number of ether oxygens (including phenoxy) is 6. The van der Waals surface area contributed by atoms with Crippen LogP contribution < -0.4 is 0 Å². The van der Waals surface area contributed by atoms with E-state index in [0.717, 1.165) is 0 Å². The summed E-state index contributed by atoms with van der Waals surface area (Å²) in [4.78, 5) is -4.29. The lowest BCUT2D eigenvalue weighted by molar-refractivity contribution is -0.346. The van der Waals surface area contributed by atoms with E-state index in [1.54, 1.807) is 0 Å². The molecule has 0 aliphatic carbocycles.